The van der Waals surface area contributed by atoms with Crippen LogP contribution in [0.15, 0.2) is 34.3 Å². The summed E-state index contributed by atoms with van der Waals surface area (Å²) in [5.41, 5.74) is 1.12. The van der Waals surface area contributed by atoms with Gasteiger partial charge in [0.2, 0.25) is 0 Å². The molecule has 3 rings (SSSR count). The molecule has 2 heterocycles. The highest BCUT2D eigenvalue weighted by Crippen LogP contribution is 2.32. The Morgan fingerprint density at radius 2 is 2.00 bits per heavy atom. The molecule has 0 bridgehead atoms. The molecule has 5 heteroatoms. The van der Waals surface area contributed by atoms with E-state index in [2.05, 4.69) is 9.98 Å². The lowest BCUT2D eigenvalue weighted by molar-refractivity contribution is 0.602. The van der Waals surface area contributed by atoms with Crippen LogP contribution >= 0.6 is 23.2 Å². The fourth-order valence-corrected chi connectivity index (χ4v) is 2.13. The number of hydrogen-bond acceptors (Lipinski definition) is 3. The fourth-order valence-electron chi connectivity index (χ4n) is 1.72. The van der Waals surface area contributed by atoms with E-state index in [9.17, 15) is 0 Å². The fraction of sp³-hybridized carbons (Fsp3) is 0.200. The van der Waals surface area contributed by atoms with Crippen molar-refractivity contribution in [1.82, 2.24) is 4.90 Å². The van der Waals surface area contributed by atoms with Crippen LogP contribution in [0.25, 0.3) is 0 Å². The Morgan fingerprint density at radius 1 is 1.20 bits per heavy atom. The van der Waals surface area contributed by atoms with Gasteiger partial charge < -0.3 is 0 Å². The standard InChI is InChI=1S/C10H7Cl2N3/c11-8-9(12)15-5-13-7-4-2-1-3-6(7)10(15)14-8/h1-5,8-9H. The smallest absolute Gasteiger partial charge is 0.160 e. The zero-order valence-electron chi connectivity index (χ0n) is 7.64. The van der Waals surface area contributed by atoms with Crippen LogP contribution < -0.4 is 0 Å². The summed E-state index contributed by atoms with van der Waals surface area (Å²) < 4.78 is 0. The van der Waals surface area contributed by atoms with Crippen LogP contribution in [0.4, 0.5) is 5.69 Å². The summed E-state index contributed by atoms with van der Waals surface area (Å²) >= 11 is 12.1. The summed E-state index contributed by atoms with van der Waals surface area (Å²) in [6, 6.07) is 7.80. The summed E-state index contributed by atoms with van der Waals surface area (Å²) in [6.45, 7) is 0. The molecule has 0 saturated heterocycles. The summed E-state index contributed by atoms with van der Waals surface area (Å²) in [7, 11) is 0. The molecule has 0 aliphatic carbocycles. The molecule has 76 valence electrons. The summed E-state index contributed by atoms with van der Waals surface area (Å²) in [4.78, 5) is 10.4. The zero-order valence-corrected chi connectivity index (χ0v) is 9.15. The minimum Gasteiger partial charge on any atom is -0.296 e. The number of nitrogens with zero attached hydrogens (tertiary/aromatic N) is 3. The zero-order chi connectivity index (χ0) is 10.4. The Kier molecular flexibility index (Phi) is 1.97. The van der Waals surface area contributed by atoms with Gasteiger partial charge in [-0.05, 0) is 12.1 Å². The molecule has 1 aromatic carbocycles. The predicted molar refractivity (Wildman–Crippen MR) is 62.3 cm³/mol. The molecular weight excluding hydrogens is 233 g/mol. The van der Waals surface area contributed by atoms with Crippen molar-refractivity contribution in [2.75, 3.05) is 0 Å². The third-order valence-electron chi connectivity index (χ3n) is 2.45. The second-order valence-electron chi connectivity index (χ2n) is 3.37. The van der Waals surface area contributed by atoms with E-state index in [4.69, 9.17) is 23.2 Å². The number of hydrogen-bond donors (Lipinski definition) is 0. The van der Waals surface area contributed by atoms with Gasteiger partial charge in [-0.25, -0.2) is 9.98 Å². The average molecular weight is 240 g/mol. The van der Waals surface area contributed by atoms with Crippen LogP contribution in [-0.4, -0.2) is 28.1 Å². The first-order valence-electron chi connectivity index (χ1n) is 4.55. The second kappa shape index (κ2) is 3.22. The minimum absolute atomic E-state index is 0.348. The van der Waals surface area contributed by atoms with Gasteiger partial charge in [-0.15, -0.1) is 0 Å². The maximum atomic E-state index is 6.09. The van der Waals surface area contributed by atoms with Gasteiger partial charge in [0.05, 0.1) is 12.0 Å². The van der Waals surface area contributed by atoms with E-state index < -0.39 is 5.50 Å². The number of halogens is 2. The van der Waals surface area contributed by atoms with Crippen LogP contribution in [0, 0.1) is 0 Å². The lowest BCUT2D eigenvalue weighted by atomic mass is 10.1. The molecule has 2 aliphatic rings. The molecule has 3 nitrogen and oxygen atoms in total. The Bertz CT molecular complexity index is 469. The third-order valence-corrected chi connectivity index (χ3v) is 3.36. The van der Waals surface area contributed by atoms with E-state index in [-0.39, 0.29) is 5.50 Å². The van der Waals surface area contributed by atoms with Crippen LogP contribution in [-0.2, 0) is 0 Å². The molecule has 0 aromatic heterocycles. The molecule has 15 heavy (non-hydrogen) atoms. The van der Waals surface area contributed by atoms with E-state index >= 15 is 0 Å². The monoisotopic (exact) mass is 239 g/mol. The van der Waals surface area contributed by atoms with Crippen LogP contribution in [0.1, 0.15) is 5.56 Å². The average Bonchev–Trinajstić information content (AvgIpc) is 2.56. The molecule has 0 spiro atoms. The quantitative estimate of drug-likeness (QED) is 0.506. The number of para-hydroxylation sites is 1. The minimum atomic E-state index is -0.417. The van der Waals surface area contributed by atoms with Crippen molar-refractivity contribution >= 4 is 41.1 Å². The Morgan fingerprint density at radius 3 is 2.87 bits per heavy atom. The molecule has 0 amide bonds. The maximum Gasteiger partial charge on any atom is 0.160 e. The van der Waals surface area contributed by atoms with Crippen LogP contribution in [0.5, 0.6) is 0 Å². The van der Waals surface area contributed by atoms with Gasteiger partial charge >= 0.3 is 0 Å². The van der Waals surface area contributed by atoms with Gasteiger partial charge in [0.25, 0.3) is 0 Å². The normalized spacial score (nSPS) is 27.3. The molecule has 2 aliphatic heterocycles. The largest absolute Gasteiger partial charge is 0.296 e. The number of amidine groups is 1. The number of benzene rings is 1. The van der Waals surface area contributed by atoms with Gasteiger partial charge in [0.15, 0.2) is 5.50 Å². The Hall–Kier alpha value is -1.06. The van der Waals surface area contributed by atoms with Crippen molar-refractivity contribution in [1.29, 1.82) is 0 Å². The number of alkyl halides is 2. The van der Waals surface area contributed by atoms with E-state index in [1.54, 1.807) is 11.2 Å². The van der Waals surface area contributed by atoms with Crippen molar-refractivity contribution in [2.45, 2.75) is 11.0 Å². The molecule has 0 saturated carbocycles. The lowest BCUT2D eigenvalue weighted by Gasteiger charge is -2.23. The van der Waals surface area contributed by atoms with Crippen molar-refractivity contribution in [2.24, 2.45) is 9.98 Å². The highest BCUT2D eigenvalue weighted by atomic mass is 35.5. The van der Waals surface area contributed by atoms with Crippen molar-refractivity contribution in [3.63, 3.8) is 0 Å². The van der Waals surface area contributed by atoms with Gasteiger partial charge in [-0.1, -0.05) is 35.3 Å². The lowest BCUT2D eigenvalue weighted by Crippen LogP contribution is -2.35. The van der Waals surface area contributed by atoms with Gasteiger partial charge in [-0.2, -0.15) is 0 Å². The van der Waals surface area contributed by atoms with Gasteiger partial charge in [0, 0.05) is 5.56 Å². The molecule has 1 aromatic rings. The molecular formula is C10H7Cl2N3. The third kappa shape index (κ3) is 1.27. The summed E-state index contributed by atoms with van der Waals surface area (Å²) in [5.74, 6) is 0.806. The molecule has 0 N–H and O–H groups in total. The Balaban J connectivity index is 2.17. The molecule has 0 radical (unpaired) electrons. The molecule has 0 fully saturated rings. The van der Waals surface area contributed by atoms with Crippen molar-refractivity contribution in [3.05, 3.63) is 29.8 Å². The summed E-state index contributed by atoms with van der Waals surface area (Å²) in [6.07, 6.45) is 1.68. The number of fused-ring (bicyclic) bond motifs is 3. The SMILES string of the molecule is ClC1N=C2c3ccccc3N=CN2C1Cl. The number of rotatable bonds is 0. The second-order valence-corrected chi connectivity index (χ2v) is 4.26. The van der Waals surface area contributed by atoms with Gasteiger partial charge in [0.1, 0.15) is 11.3 Å². The topological polar surface area (TPSA) is 28.0 Å². The first-order valence-corrected chi connectivity index (χ1v) is 5.42. The maximum absolute atomic E-state index is 6.09. The highest BCUT2D eigenvalue weighted by Gasteiger charge is 2.35. The van der Waals surface area contributed by atoms with Crippen molar-refractivity contribution in [3.8, 4) is 0 Å². The predicted octanol–water partition coefficient (Wildman–Crippen LogP) is 2.55. The summed E-state index contributed by atoms with van der Waals surface area (Å²) in [5, 5.41) is 0. The Labute approximate surface area is 97.0 Å². The van der Waals surface area contributed by atoms with Gasteiger partial charge in [-0.3, -0.25) is 4.90 Å². The van der Waals surface area contributed by atoms with E-state index in [1.807, 2.05) is 24.3 Å². The number of aliphatic imine (C=N–C) groups is 2. The first-order chi connectivity index (χ1) is 7.27. The highest BCUT2D eigenvalue weighted by molar-refractivity contribution is 6.34. The van der Waals surface area contributed by atoms with Crippen LogP contribution in [0.3, 0.4) is 0 Å². The van der Waals surface area contributed by atoms with E-state index in [0.29, 0.717) is 0 Å². The van der Waals surface area contributed by atoms with E-state index in [1.165, 1.54) is 0 Å². The molecule has 2 atom stereocenters. The first kappa shape index (κ1) is 9.19. The van der Waals surface area contributed by atoms with Crippen molar-refractivity contribution < 1.29 is 0 Å². The molecule has 2 unspecified atom stereocenters. The van der Waals surface area contributed by atoms with Crippen LogP contribution in [0.2, 0.25) is 0 Å². The van der Waals surface area contributed by atoms with E-state index in [0.717, 1.165) is 17.1 Å².